The van der Waals surface area contributed by atoms with Crippen molar-refractivity contribution in [1.29, 1.82) is 0 Å². The van der Waals surface area contributed by atoms with Crippen molar-refractivity contribution in [1.82, 2.24) is 9.80 Å². The normalized spacial score (nSPS) is 15.8. The minimum absolute atomic E-state index is 0.101. The number of halogens is 1. The van der Waals surface area contributed by atoms with Crippen LogP contribution in [0.3, 0.4) is 0 Å². The van der Waals surface area contributed by atoms with Gasteiger partial charge in [-0.15, -0.1) is 0 Å². The quantitative estimate of drug-likeness (QED) is 0.789. The van der Waals surface area contributed by atoms with Crippen molar-refractivity contribution < 1.29 is 14.3 Å². The molecule has 2 amide bonds. The molecule has 1 aromatic carbocycles. The molecule has 0 atom stereocenters. The summed E-state index contributed by atoms with van der Waals surface area (Å²) in [5.41, 5.74) is 1.15. The molecule has 0 aromatic heterocycles. The first-order chi connectivity index (χ1) is 11.6. The molecule has 0 N–H and O–H groups in total. The van der Waals surface area contributed by atoms with Crippen LogP contribution in [0.5, 0.6) is 0 Å². The highest BCUT2D eigenvalue weighted by Gasteiger charge is 2.28. The predicted molar refractivity (Wildman–Crippen MR) is 99.3 cm³/mol. The zero-order chi connectivity index (χ0) is 18.8. The Hall–Kier alpha value is -1.75. The zero-order valence-electron chi connectivity index (χ0n) is 15.6. The second-order valence-electron chi connectivity index (χ2n) is 7.68. The van der Waals surface area contributed by atoms with Crippen LogP contribution in [0.25, 0.3) is 0 Å². The summed E-state index contributed by atoms with van der Waals surface area (Å²) in [5.74, 6) is 0.232. The van der Waals surface area contributed by atoms with E-state index in [1.54, 1.807) is 25.1 Å². The molecule has 1 saturated heterocycles. The van der Waals surface area contributed by atoms with Crippen molar-refractivity contribution in [3.8, 4) is 0 Å². The van der Waals surface area contributed by atoms with Gasteiger partial charge in [0.1, 0.15) is 5.60 Å². The number of nitrogens with zero attached hydrogens (tertiary/aromatic N) is 2. The van der Waals surface area contributed by atoms with E-state index in [-0.39, 0.29) is 12.0 Å². The number of piperidine rings is 1. The van der Waals surface area contributed by atoms with E-state index in [9.17, 15) is 9.59 Å². The Kier molecular flexibility index (Phi) is 5.99. The van der Waals surface area contributed by atoms with Crippen LogP contribution in [0, 0.1) is 0 Å². The molecule has 0 bridgehead atoms. The highest BCUT2D eigenvalue weighted by Crippen LogP contribution is 2.31. The van der Waals surface area contributed by atoms with Gasteiger partial charge in [0.2, 0.25) is 0 Å². The van der Waals surface area contributed by atoms with Gasteiger partial charge in [-0.2, -0.15) is 0 Å². The summed E-state index contributed by atoms with van der Waals surface area (Å²) in [6.07, 6.45) is 1.46. The Bertz CT molecular complexity index is 645. The second-order valence-corrected chi connectivity index (χ2v) is 8.09. The average molecular weight is 367 g/mol. The van der Waals surface area contributed by atoms with Crippen LogP contribution in [0.15, 0.2) is 18.2 Å². The lowest BCUT2D eigenvalue weighted by Crippen LogP contribution is -2.41. The van der Waals surface area contributed by atoms with E-state index in [1.807, 2.05) is 32.9 Å². The largest absolute Gasteiger partial charge is 0.444 e. The molecular formula is C19H27ClN2O3. The number of carbonyl (C=O) groups is 2. The first-order valence-electron chi connectivity index (χ1n) is 8.57. The van der Waals surface area contributed by atoms with E-state index in [4.69, 9.17) is 16.3 Å². The van der Waals surface area contributed by atoms with Crippen LogP contribution in [-0.2, 0) is 4.74 Å². The monoisotopic (exact) mass is 366 g/mol. The Labute approximate surface area is 154 Å². The molecule has 0 spiro atoms. The molecule has 1 aliphatic rings. The average Bonchev–Trinajstić information content (AvgIpc) is 2.52. The lowest BCUT2D eigenvalue weighted by atomic mass is 9.89. The molecule has 2 rings (SSSR count). The van der Waals surface area contributed by atoms with Crippen molar-refractivity contribution in [3.05, 3.63) is 34.3 Å². The molecule has 0 radical (unpaired) electrons. The van der Waals surface area contributed by atoms with Crippen LogP contribution >= 0.6 is 11.6 Å². The van der Waals surface area contributed by atoms with Gasteiger partial charge in [0, 0.05) is 27.2 Å². The zero-order valence-corrected chi connectivity index (χ0v) is 16.4. The minimum Gasteiger partial charge on any atom is -0.444 e. The first kappa shape index (κ1) is 19.6. The predicted octanol–water partition coefficient (Wildman–Crippen LogP) is 4.16. The van der Waals surface area contributed by atoms with Gasteiger partial charge < -0.3 is 14.5 Å². The number of likely N-dealkylation sites (tertiary alicyclic amines) is 1. The number of ether oxygens (including phenoxy) is 1. The Morgan fingerprint density at radius 1 is 1.20 bits per heavy atom. The van der Waals surface area contributed by atoms with Crippen molar-refractivity contribution in [2.45, 2.75) is 45.1 Å². The van der Waals surface area contributed by atoms with Crippen molar-refractivity contribution in [2.75, 3.05) is 27.2 Å². The number of hydrogen-bond acceptors (Lipinski definition) is 3. The van der Waals surface area contributed by atoms with Crippen LogP contribution in [0.2, 0.25) is 5.02 Å². The van der Waals surface area contributed by atoms with E-state index in [0.717, 1.165) is 18.4 Å². The summed E-state index contributed by atoms with van der Waals surface area (Å²) in [6.45, 7) is 6.94. The van der Waals surface area contributed by atoms with E-state index in [2.05, 4.69) is 0 Å². The fourth-order valence-corrected chi connectivity index (χ4v) is 3.19. The van der Waals surface area contributed by atoms with Crippen molar-refractivity contribution >= 4 is 23.6 Å². The summed E-state index contributed by atoms with van der Waals surface area (Å²) in [6, 6.07) is 5.64. The van der Waals surface area contributed by atoms with Crippen molar-refractivity contribution in [2.24, 2.45) is 0 Å². The molecule has 1 aliphatic heterocycles. The number of hydrogen-bond donors (Lipinski definition) is 0. The lowest BCUT2D eigenvalue weighted by Gasteiger charge is -2.33. The molecule has 138 valence electrons. The Morgan fingerprint density at radius 3 is 2.28 bits per heavy atom. The maximum atomic E-state index is 12.1. The second kappa shape index (κ2) is 7.65. The third kappa shape index (κ3) is 5.11. The molecular weight excluding hydrogens is 340 g/mol. The first-order valence-corrected chi connectivity index (χ1v) is 8.95. The van der Waals surface area contributed by atoms with Gasteiger partial charge in [0.25, 0.3) is 5.91 Å². The summed E-state index contributed by atoms with van der Waals surface area (Å²) in [7, 11) is 3.41. The molecule has 1 fully saturated rings. The van der Waals surface area contributed by atoms with E-state index >= 15 is 0 Å². The Morgan fingerprint density at radius 2 is 1.80 bits per heavy atom. The SMILES string of the molecule is CN(C)C(=O)c1ccc(C2CCN(C(=O)OC(C)(C)C)CC2)cc1Cl. The number of rotatable bonds is 2. The highest BCUT2D eigenvalue weighted by atomic mass is 35.5. The number of amides is 2. The lowest BCUT2D eigenvalue weighted by molar-refractivity contribution is 0.0204. The summed E-state index contributed by atoms with van der Waals surface area (Å²) in [4.78, 5) is 27.5. The summed E-state index contributed by atoms with van der Waals surface area (Å²) in [5, 5.41) is 0.478. The summed E-state index contributed by atoms with van der Waals surface area (Å²) >= 11 is 6.31. The maximum absolute atomic E-state index is 12.1. The fraction of sp³-hybridized carbons (Fsp3) is 0.579. The van der Waals surface area contributed by atoms with Gasteiger partial charge in [-0.05, 0) is 57.2 Å². The van der Waals surface area contributed by atoms with Gasteiger partial charge in [0.05, 0.1) is 10.6 Å². The van der Waals surface area contributed by atoms with Crippen molar-refractivity contribution in [3.63, 3.8) is 0 Å². The van der Waals surface area contributed by atoms with Crippen LogP contribution in [0.4, 0.5) is 4.79 Å². The van der Waals surface area contributed by atoms with Crippen LogP contribution in [0.1, 0.15) is 55.5 Å². The van der Waals surface area contributed by atoms with Gasteiger partial charge in [-0.1, -0.05) is 17.7 Å². The number of carbonyl (C=O) groups excluding carboxylic acids is 2. The van der Waals surface area contributed by atoms with Gasteiger partial charge in [0.15, 0.2) is 0 Å². The third-order valence-corrected chi connectivity index (χ3v) is 4.56. The van der Waals surface area contributed by atoms with E-state index in [0.29, 0.717) is 29.6 Å². The smallest absolute Gasteiger partial charge is 0.410 e. The maximum Gasteiger partial charge on any atom is 0.410 e. The molecule has 1 heterocycles. The number of benzene rings is 1. The van der Waals surface area contributed by atoms with Crippen LogP contribution < -0.4 is 0 Å². The van der Waals surface area contributed by atoms with E-state index < -0.39 is 5.60 Å². The fourth-order valence-electron chi connectivity index (χ4n) is 2.92. The molecule has 6 heteroatoms. The summed E-state index contributed by atoms with van der Waals surface area (Å²) < 4.78 is 5.43. The molecule has 0 saturated carbocycles. The molecule has 0 unspecified atom stereocenters. The molecule has 5 nitrogen and oxygen atoms in total. The molecule has 25 heavy (non-hydrogen) atoms. The highest BCUT2D eigenvalue weighted by molar-refractivity contribution is 6.33. The third-order valence-electron chi connectivity index (χ3n) is 4.25. The molecule has 0 aliphatic carbocycles. The topological polar surface area (TPSA) is 49.9 Å². The van der Waals surface area contributed by atoms with Gasteiger partial charge in [-0.25, -0.2) is 4.79 Å². The van der Waals surface area contributed by atoms with Crippen LogP contribution in [-0.4, -0.2) is 54.6 Å². The minimum atomic E-state index is -0.476. The van der Waals surface area contributed by atoms with E-state index in [1.165, 1.54) is 4.90 Å². The van der Waals surface area contributed by atoms with Gasteiger partial charge in [-0.3, -0.25) is 4.79 Å². The molecule has 1 aromatic rings. The Balaban J connectivity index is 2.00. The standard InChI is InChI=1S/C19H27ClN2O3/c1-19(2,3)25-18(24)22-10-8-13(9-11-22)14-6-7-15(16(20)12-14)17(23)21(4)5/h6-7,12-13H,8-11H2,1-5H3. The van der Waals surface area contributed by atoms with Gasteiger partial charge >= 0.3 is 6.09 Å².